The van der Waals surface area contributed by atoms with E-state index in [2.05, 4.69) is 16.7 Å². The highest BCUT2D eigenvalue weighted by Crippen LogP contribution is 2.39. The molecular formula is C38H67N4O35S4-. The van der Waals surface area contributed by atoms with Gasteiger partial charge in [0.1, 0.15) is 79.5 Å². The molecule has 6 rings (SSSR count). The molecule has 0 bridgehead atoms. The van der Waals surface area contributed by atoms with Crippen molar-refractivity contribution in [3.8, 4) is 0 Å². The van der Waals surface area contributed by atoms with Gasteiger partial charge in [0, 0.05) is 13.0 Å². The van der Waals surface area contributed by atoms with Crippen LogP contribution in [0.15, 0.2) is 0 Å². The lowest BCUT2D eigenvalue weighted by Gasteiger charge is -2.51. The number of aliphatic hydroxyl groups excluding tert-OH is 5. The minimum absolute atomic E-state index is 0.145. The Morgan fingerprint density at radius 1 is 0.531 bits per heavy atom. The largest absolute Gasteiger partial charge is 0.786 e. The van der Waals surface area contributed by atoms with Crippen LogP contribution in [0, 0.1) is 17.0 Å². The van der Waals surface area contributed by atoms with Gasteiger partial charge in [0.15, 0.2) is 43.7 Å². The average Bonchev–Trinajstić information content (AvgIpc) is 3.46. The second kappa shape index (κ2) is 28.3. The third-order valence-corrected chi connectivity index (χ3v) is 15.8. The zero-order valence-corrected chi connectivity index (χ0v) is 45.7. The number of aliphatic hydroxyl groups is 5. The number of nitrogens with two attached hydrogens (primary N) is 3. The monoisotopic (exact) mass is 1270 g/mol. The lowest BCUT2D eigenvalue weighted by molar-refractivity contribution is -0.374. The highest BCUT2D eigenvalue weighted by Gasteiger charge is 2.58. The molecule has 43 heteroatoms. The molecule has 17 N–H and O–H groups in total. The molecule has 5 aliphatic heterocycles. The van der Waals surface area contributed by atoms with Crippen molar-refractivity contribution in [3.63, 3.8) is 0 Å². The van der Waals surface area contributed by atoms with Crippen molar-refractivity contribution in [1.82, 2.24) is 5.48 Å². The van der Waals surface area contributed by atoms with Gasteiger partial charge in [-0.1, -0.05) is 26.2 Å². The van der Waals surface area contributed by atoms with Gasteiger partial charge in [0.2, 0.25) is 0 Å². The lowest BCUT2D eigenvalue weighted by atomic mass is 9.88. The van der Waals surface area contributed by atoms with E-state index in [0.717, 1.165) is 26.4 Å². The smallest absolute Gasteiger partial charge is 0.397 e. The van der Waals surface area contributed by atoms with Crippen LogP contribution in [0.4, 0.5) is 0 Å². The molecular weight excluding hydrogens is 1200 g/mol. The first kappa shape index (κ1) is 68.2. The molecule has 5 heterocycles. The molecule has 474 valence electrons. The number of carboxylic acid groups (broad SMARTS) is 1. The average molecular weight is 1270 g/mol. The van der Waals surface area contributed by atoms with E-state index in [1.807, 2.05) is 0 Å². The third kappa shape index (κ3) is 18.1. The number of carbonyl (C=O) groups is 1. The number of methoxy groups -OCH3 is 1. The van der Waals surface area contributed by atoms with Gasteiger partial charge in [0.25, 0.3) is 0 Å². The number of ether oxygens (including phenoxy) is 11. The summed E-state index contributed by atoms with van der Waals surface area (Å²) < 4.78 is 213. The Hall–Kier alpha value is -1.89. The second-order valence-corrected chi connectivity index (χ2v) is 23.9. The fourth-order valence-corrected chi connectivity index (χ4v) is 11.3. The van der Waals surface area contributed by atoms with Crippen LogP contribution >= 0.6 is 0 Å². The van der Waals surface area contributed by atoms with Crippen LogP contribution in [0.2, 0.25) is 0 Å². The standard InChI is InChI=1S/C38H67N4O35S4/c1-12-17(39)35(73-28-23(46)29(77-81(60,61)62)38(76-32(28)42-50)72-26-16(11-67-80(57,58)59)69-34(63-2)19(41)22(26)45)70-15(10-66-79(54,55)56)25(12)71-37-24(47)27(64-8-13-6-4-3-5-7-13)30(31(75-37)33(48)49)74-36-18(40)21(44)20(43)14(68-36)9-65-78(51,52)53/h12-32,34-38,42-47H,3-11,39-41H2,1-2H3,(H,48,49)(H,51,52,53)(H,54,55,56)(H,57,58,59)(H,60,61,62)/q-1/t12-,14?,15?,16?,17?,18?,19?,20-,21-,22-,23?,24?,25+,26-,27-,28+,29?,30+,31?,32-,34+,35-,36-,37-,38-/m1/s1. The van der Waals surface area contributed by atoms with E-state index in [-0.39, 0.29) is 12.5 Å². The molecule has 5 saturated heterocycles. The minimum atomic E-state index is -5.68. The van der Waals surface area contributed by atoms with Crippen LogP contribution in [0.3, 0.4) is 0 Å². The van der Waals surface area contributed by atoms with Gasteiger partial charge in [-0.3, -0.25) is 18.2 Å². The molecule has 0 aromatic carbocycles. The fourth-order valence-electron chi connectivity index (χ4n) is 9.86. The first-order valence-corrected chi connectivity index (χ1v) is 29.9. The van der Waals surface area contributed by atoms with E-state index >= 15 is 0 Å². The molecule has 10 unspecified atom stereocenters. The van der Waals surface area contributed by atoms with Crippen molar-refractivity contribution in [2.24, 2.45) is 29.0 Å². The van der Waals surface area contributed by atoms with Crippen LogP contribution in [-0.4, -0.2) is 269 Å². The van der Waals surface area contributed by atoms with Crippen LogP contribution in [-0.2, 0) is 115 Å². The summed E-state index contributed by atoms with van der Waals surface area (Å²) in [6, 6.07) is -4.93. The molecule has 81 heavy (non-hydrogen) atoms. The van der Waals surface area contributed by atoms with Gasteiger partial charge in [0.05, 0.1) is 50.7 Å². The summed E-state index contributed by atoms with van der Waals surface area (Å²) in [6.07, 6.45) is -39.5. The van der Waals surface area contributed by atoms with E-state index in [0.29, 0.717) is 12.8 Å². The summed E-state index contributed by atoms with van der Waals surface area (Å²) in [6.45, 7) is -2.40. The van der Waals surface area contributed by atoms with Gasteiger partial charge in [-0.15, -0.1) is 0 Å². The molecule has 6 aliphatic rings. The summed E-state index contributed by atoms with van der Waals surface area (Å²) in [5.41, 5.74) is 20.0. The molecule has 39 nitrogen and oxygen atoms in total. The Bertz CT molecular complexity index is 2510. The number of hydroxylamine groups is 1. The summed E-state index contributed by atoms with van der Waals surface area (Å²) in [5.74, 6) is -3.32. The summed E-state index contributed by atoms with van der Waals surface area (Å²) in [7, 11) is -20.4. The Labute approximate surface area is 462 Å². The van der Waals surface area contributed by atoms with E-state index in [4.69, 9.17) is 73.9 Å². The quantitative estimate of drug-likeness (QED) is 0.0298. The normalized spacial score (nSPS) is 42.6. The topological polar surface area (TPSA) is 608 Å². The van der Waals surface area contributed by atoms with Gasteiger partial charge in [-0.25, -0.2) is 21.5 Å². The SMILES string of the molecule is CO[C@H]1OC(COS(=O)(=O)O)[C@@H](O[C@@H]2O[C@@H](N[O-])[C@@H](O[C@H]3OC(COS(=O)(=O)O)[C@@H](O[C@@H]4OC(C(=O)O)[C@@H](O[C@H]5OC(COS(=O)(=O)O)[C@@H](O)[C@H](O)C5N)[C@H](OCC5CCCCC5)C4O)[C@H](C)C3N)C(O)C2OS(=O)(=O)O)[C@H](O)C1N. The number of nitrogens with one attached hydrogen (secondary N) is 1. The van der Waals surface area contributed by atoms with Crippen LogP contribution in [0.1, 0.15) is 39.0 Å². The first-order chi connectivity index (χ1) is 37.6. The molecule has 6 fully saturated rings. The number of rotatable bonds is 25. The molecule has 0 aromatic rings. The molecule has 25 atom stereocenters. The second-order valence-electron chi connectivity index (χ2n) is 19.5. The predicted octanol–water partition coefficient (Wildman–Crippen LogP) is -8.04. The Morgan fingerprint density at radius 2 is 1.02 bits per heavy atom. The molecule has 1 saturated carbocycles. The van der Waals surface area contributed by atoms with Gasteiger partial charge in [-0.2, -0.15) is 33.7 Å². The lowest BCUT2D eigenvalue weighted by Crippen LogP contribution is -2.69. The molecule has 0 aromatic heterocycles. The van der Waals surface area contributed by atoms with Crippen LogP contribution < -0.4 is 22.7 Å². The van der Waals surface area contributed by atoms with Crippen molar-refractivity contribution in [2.45, 2.75) is 186 Å². The highest BCUT2D eigenvalue weighted by molar-refractivity contribution is 7.81. The number of hydrogen-bond acceptors (Lipinski definition) is 34. The number of hydrogen-bond donors (Lipinski definition) is 14. The zero-order chi connectivity index (χ0) is 60.3. The zero-order valence-electron chi connectivity index (χ0n) is 42.4. The Morgan fingerprint density at radius 3 is 1.57 bits per heavy atom. The maximum absolute atomic E-state index is 13.1. The summed E-state index contributed by atoms with van der Waals surface area (Å²) in [4.78, 5) is 13.1. The summed E-state index contributed by atoms with van der Waals surface area (Å²) in [5, 5.41) is 79.4. The van der Waals surface area contributed by atoms with Crippen molar-refractivity contribution < 1.29 is 156 Å². The van der Waals surface area contributed by atoms with Crippen molar-refractivity contribution in [2.75, 3.05) is 33.5 Å². The van der Waals surface area contributed by atoms with E-state index < -0.39 is 221 Å². The van der Waals surface area contributed by atoms with E-state index in [1.54, 1.807) is 0 Å². The van der Waals surface area contributed by atoms with Gasteiger partial charge in [-0.05, 0) is 18.8 Å². The van der Waals surface area contributed by atoms with E-state index in [9.17, 15) is 88.0 Å². The van der Waals surface area contributed by atoms with Gasteiger partial charge >= 0.3 is 47.6 Å². The van der Waals surface area contributed by atoms with Crippen LogP contribution in [0.5, 0.6) is 0 Å². The van der Waals surface area contributed by atoms with Crippen molar-refractivity contribution in [3.05, 3.63) is 5.21 Å². The third-order valence-electron chi connectivity index (χ3n) is 14.0. The minimum Gasteiger partial charge on any atom is -0.786 e. The molecule has 1 aliphatic carbocycles. The highest BCUT2D eigenvalue weighted by atomic mass is 32.3. The Balaban J connectivity index is 1.27. The number of carboxylic acids is 1. The van der Waals surface area contributed by atoms with Crippen molar-refractivity contribution >= 4 is 47.6 Å². The van der Waals surface area contributed by atoms with Gasteiger partial charge < -0.3 is 111 Å². The Kier molecular flexibility index (Phi) is 23.8. The van der Waals surface area contributed by atoms with Crippen LogP contribution in [0.25, 0.3) is 0 Å². The van der Waals surface area contributed by atoms with Crippen molar-refractivity contribution in [1.29, 1.82) is 0 Å². The van der Waals surface area contributed by atoms with E-state index in [1.165, 1.54) is 12.4 Å². The first-order valence-electron chi connectivity index (χ1n) is 24.4. The maximum atomic E-state index is 13.1. The fraction of sp³-hybridized carbons (Fsp3) is 0.974. The summed E-state index contributed by atoms with van der Waals surface area (Å²) >= 11 is 0. The number of aliphatic carboxylic acids is 1. The predicted molar refractivity (Wildman–Crippen MR) is 252 cm³/mol. The maximum Gasteiger partial charge on any atom is 0.397 e. The molecule has 0 amide bonds. The molecule has 0 radical (unpaired) electrons. The molecule has 0 spiro atoms.